The molecular formula is C31H34N2O4. The third kappa shape index (κ3) is 5.10. The first kappa shape index (κ1) is 26.0. The highest BCUT2D eigenvalue weighted by Gasteiger charge is 2.47. The van der Waals surface area contributed by atoms with Crippen LogP contribution in [0, 0.1) is 0 Å². The Morgan fingerprint density at radius 1 is 0.919 bits per heavy atom. The lowest BCUT2D eigenvalue weighted by Crippen LogP contribution is -2.29. The van der Waals surface area contributed by atoms with Gasteiger partial charge in [-0.1, -0.05) is 45.0 Å². The van der Waals surface area contributed by atoms with Gasteiger partial charge in [-0.15, -0.1) is 0 Å². The molecule has 0 aromatic heterocycles. The number of rotatable bonds is 6. The molecule has 1 aliphatic rings. The molecule has 37 heavy (non-hydrogen) atoms. The summed E-state index contributed by atoms with van der Waals surface area (Å²) in [6.07, 6.45) is 0. The lowest BCUT2D eigenvalue weighted by atomic mass is 9.87. The van der Waals surface area contributed by atoms with Gasteiger partial charge in [-0.2, -0.15) is 0 Å². The molecule has 6 nitrogen and oxygen atoms in total. The first-order valence-corrected chi connectivity index (χ1v) is 12.4. The molecule has 0 bridgehead atoms. The molecule has 1 amide bonds. The van der Waals surface area contributed by atoms with Crippen LogP contribution in [0.15, 0.2) is 78.4 Å². The van der Waals surface area contributed by atoms with Crippen molar-refractivity contribution in [3.63, 3.8) is 0 Å². The predicted molar refractivity (Wildman–Crippen MR) is 148 cm³/mol. The maximum absolute atomic E-state index is 13.4. The third-order valence-electron chi connectivity index (χ3n) is 6.62. The summed E-state index contributed by atoms with van der Waals surface area (Å²) in [4.78, 5) is 30.3. The molecule has 1 saturated heterocycles. The van der Waals surface area contributed by atoms with Crippen molar-refractivity contribution in [2.24, 2.45) is 0 Å². The van der Waals surface area contributed by atoms with E-state index in [-0.39, 0.29) is 16.7 Å². The summed E-state index contributed by atoms with van der Waals surface area (Å²) < 4.78 is 5.50. The van der Waals surface area contributed by atoms with Gasteiger partial charge in [-0.05, 0) is 72.0 Å². The van der Waals surface area contributed by atoms with Gasteiger partial charge in [0.15, 0.2) is 0 Å². The summed E-state index contributed by atoms with van der Waals surface area (Å²) in [5.74, 6) is -0.934. The van der Waals surface area contributed by atoms with Gasteiger partial charge in [0.05, 0.1) is 18.2 Å². The van der Waals surface area contributed by atoms with E-state index in [1.165, 1.54) is 4.90 Å². The van der Waals surface area contributed by atoms with Gasteiger partial charge in [0, 0.05) is 31.0 Å². The van der Waals surface area contributed by atoms with Gasteiger partial charge < -0.3 is 14.7 Å². The van der Waals surface area contributed by atoms with Crippen LogP contribution in [0.25, 0.3) is 5.76 Å². The zero-order chi connectivity index (χ0) is 26.9. The number of amides is 1. The van der Waals surface area contributed by atoms with E-state index in [4.69, 9.17) is 4.74 Å². The van der Waals surface area contributed by atoms with Crippen LogP contribution >= 0.6 is 0 Å². The smallest absolute Gasteiger partial charge is 0.300 e. The number of nitrogens with zero attached hydrogens (tertiary/aromatic N) is 2. The summed E-state index contributed by atoms with van der Waals surface area (Å²) in [5.41, 5.74) is 3.89. The lowest BCUT2D eigenvalue weighted by molar-refractivity contribution is -0.132. The number of benzene rings is 3. The van der Waals surface area contributed by atoms with Gasteiger partial charge in [0.25, 0.3) is 11.7 Å². The van der Waals surface area contributed by atoms with E-state index < -0.39 is 17.7 Å². The van der Waals surface area contributed by atoms with Crippen LogP contribution in [0.3, 0.4) is 0 Å². The van der Waals surface area contributed by atoms with Crippen molar-refractivity contribution >= 4 is 28.8 Å². The van der Waals surface area contributed by atoms with E-state index in [2.05, 4.69) is 20.8 Å². The van der Waals surface area contributed by atoms with Crippen LogP contribution in [-0.4, -0.2) is 37.5 Å². The maximum atomic E-state index is 13.4. The number of carbonyl (C=O) groups excluding carboxylic acids is 2. The number of ether oxygens (including phenoxy) is 1. The Balaban J connectivity index is 1.86. The lowest BCUT2D eigenvalue weighted by Gasteiger charge is -2.27. The van der Waals surface area contributed by atoms with E-state index in [9.17, 15) is 14.7 Å². The van der Waals surface area contributed by atoms with Gasteiger partial charge in [0.1, 0.15) is 11.5 Å². The molecule has 0 aliphatic carbocycles. The molecule has 3 aromatic rings. The Bertz CT molecular complexity index is 1320. The zero-order valence-corrected chi connectivity index (χ0v) is 22.3. The first-order valence-electron chi connectivity index (χ1n) is 12.4. The minimum Gasteiger partial charge on any atom is -0.507 e. The number of aliphatic hydroxyl groups excluding tert-OH is 1. The fourth-order valence-corrected chi connectivity index (χ4v) is 4.52. The first-order chi connectivity index (χ1) is 17.5. The van der Waals surface area contributed by atoms with Gasteiger partial charge >= 0.3 is 0 Å². The number of carbonyl (C=O) groups is 2. The Hall–Kier alpha value is -4.06. The van der Waals surface area contributed by atoms with Gasteiger partial charge in [0.2, 0.25) is 0 Å². The highest BCUT2D eigenvalue weighted by molar-refractivity contribution is 6.51. The molecule has 1 heterocycles. The number of anilines is 2. The molecule has 3 aromatic carbocycles. The topological polar surface area (TPSA) is 70.1 Å². The molecule has 0 spiro atoms. The molecule has 1 unspecified atom stereocenters. The average Bonchev–Trinajstić information content (AvgIpc) is 3.14. The van der Waals surface area contributed by atoms with Crippen molar-refractivity contribution in [3.8, 4) is 5.75 Å². The van der Waals surface area contributed by atoms with Gasteiger partial charge in [-0.3, -0.25) is 14.5 Å². The normalized spacial score (nSPS) is 17.2. The van der Waals surface area contributed by atoms with Crippen molar-refractivity contribution < 1.29 is 19.4 Å². The SMILES string of the molecule is CCOc1ccc(/C(O)=C2\C(=O)C(=O)N(c3ccc(C(C)(C)C)cc3)C2c2ccc(N(C)C)cc2)cc1. The molecule has 192 valence electrons. The number of ketones is 1. The maximum Gasteiger partial charge on any atom is 0.300 e. The average molecular weight is 499 g/mol. The molecular weight excluding hydrogens is 464 g/mol. The Morgan fingerprint density at radius 3 is 2.03 bits per heavy atom. The largest absolute Gasteiger partial charge is 0.507 e. The monoisotopic (exact) mass is 498 g/mol. The highest BCUT2D eigenvalue weighted by Crippen LogP contribution is 2.43. The molecule has 1 N–H and O–H groups in total. The minimum atomic E-state index is -0.775. The number of hydrogen-bond acceptors (Lipinski definition) is 5. The van der Waals surface area contributed by atoms with E-state index in [0.29, 0.717) is 23.6 Å². The Morgan fingerprint density at radius 2 is 1.51 bits per heavy atom. The van der Waals surface area contributed by atoms with E-state index in [1.54, 1.807) is 24.3 Å². The van der Waals surface area contributed by atoms with Crippen molar-refractivity contribution in [2.75, 3.05) is 30.5 Å². The Kier molecular flexibility index (Phi) is 7.12. The van der Waals surface area contributed by atoms with E-state index in [1.807, 2.05) is 74.4 Å². The fourth-order valence-electron chi connectivity index (χ4n) is 4.52. The summed E-state index contributed by atoms with van der Waals surface area (Å²) in [7, 11) is 3.90. The summed E-state index contributed by atoms with van der Waals surface area (Å²) >= 11 is 0. The standard InChI is InChI=1S/C31H34N2O4/c1-7-37-25-18-10-21(11-19-25)28(34)26-27(20-8-14-23(15-9-20)32(5)6)33(30(36)29(26)35)24-16-12-22(13-17-24)31(2,3)4/h8-19,27,34H,7H2,1-6H3/b28-26+. The molecule has 1 aliphatic heterocycles. The van der Waals surface area contributed by atoms with Crippen LogP contribution in [0.4, 0.5) is 11.4 Å². The minimum absolute atomic E-state index is 0.0538. The van der Waals surface area contributed by atoms with Gasteiger partial charge in [-0.25, -0.2) is 0 Å². The molecule has 6 heteroatoms. The molecule has 0 radical (unpaired) electrons. The van der Waals surface area contributed by atoms with Crippen molar-refractivity contribution in [2.45, 2.75) is 39.2 Å². The second-order valence-electron chi connectivity index (χ2n) is 10.4. The molecule has 1 fully saturated rings. The molecule has 0 saturated carbocycles. The van der Waals surface area contributed by atoms with Crippen LogP contribution in [-0.2, 0) is 15.0 Å². The van der Waals surface area contributed by atoms with Crippen LogP contribution in [0.1, 0.15) is 50.4 Å². The van der Waals surface area contributed by atoms with Crippen molar-refractivity contribution in [3.05, 3.63) is 95.1 Å². The Labute approximate surface area is 218 Å². The third-order valence-corrected chi connectivity index (χ3v) is 6.62. The second-order valence-corrected chi connectivity index (χ2v) is 10.4. The van der Waals surface area contributed by atoms with Crippen molar-refractivity contribution in [1.29, 1.82) is 0 Å². The summed E-state index contributed by atoms with van der Waals surface area (Å²) in [6.45, 7) is 8.78. The second kappa shape index (κ2) is 10.1. The number of Topliss-reactive ketones (excluding diaryl/α,β-unsaturated/α-hetero) is 1. The summed E-state index contributed by atoms with van der Waals surface area (Å²) in [5, 5.41) is 11.4. The van der Waals surface area contributed by atoms with E-state index in [0.717, 1.165) is 16.8 Å². The predicted octanol–water partition coefficient (Wildman–Crippen LogP) is 6.08. The number of aliphatic hydroxyl groups is 1. The zero-order valence-electron chi connectivity index (χ0n) is 22.3. The van der Waals surface area contributed by atoms with Crippen LogP contribution in [0.5, 0.6) is 5.75 Å². The number of hydrogen-bond donors (Lipinski definition) is 1. The van der Waals surface area contributed by atoms with E-state index >= 15 is 0 Å². The van der Waals surface area contributed by atoms with Crippen LogP contribution in [0.2, 0.25) is 0 Å². The van der Waals surface area contributed by atoms with Crippen molar-refractivity contribution in [1.82, 2.24) is 0 Å². The highest BCUT2D eigenvalue weighted by atomic mass is 16.5. The van der Waals surface area contributed by atoms with Crippen LogP contribution < -0.4 is 14.5 Å². The summed E-state index contributed by atoms with van der Waals surface area (Å²) in [6, 6.07) is 21.4. The quantitative estimate of drug-likeness (QED) is 0.254. The fraction of sp³-hybridized carbons (Fsp3) is 0.290. The molecule has 1 atom stereocenters. The molecule has 4 rings (SSSR count).